The lowest BCUT2D eigenvalue weighted by Crippen LogP contribution is -2.40. The van der Waals surface area contributed by atoms with Gasteiger partial charge in [-0.05, 0) is 36.8 Å². The molecule has 0 aliphatic rings. The highest BCUT2D eigenvalue weighted by molar-refractivity contribution is 5.22. The van der Waals surface area contributed by atoms with Gasteiger partial charge in [0.25, 0.3) is 0 Å². The Balaban J connectivity index is 2.25. The van der Waals surface area contributed by atoms with Crippen molar-refractivity contribution in [2.24, 2.45) is 5.73 Å². The Labute approximate surface area is 135 Å². The van der Waals surface area contributed by atoms with Crippen LogP contribution in [0.5, 0.6) is 0 Å². The average Bonchev–Trinajstić information content (AvgIpc) is 2.50. The lowest BCUT2D eigenvalue weighted by molar-refractivity contribution is 0.0141. The number of aliphatic hydroxyl groups is 2. The average molecular weight is 307 g/mol. The van der Waals surface area contributed by atoms with Crippen molar-refractivity contribution in [3.05, 3.63) is 35.4 Å². The third kappa shape index (κ3) is 8.52. The fraction of sp³-hybridized carbons (Fsp3) is 0.684. The van der Waals surface area contributed by atoms with E-state index >= 15 is 0 Å². The van der Waals surface area contributed by atoms with Crippen LogP contribution in [0.25, 0.3) is 0 Å². The maximum absolute atomic E-state index is 9.85. The first kappa shape index (κ1) is 19.1. The molecule has 0 heterocycles. The van der Waals surface area contributed by atoms with Crippen LogP contribution in [0.3, 0.4) is 0 Å². The van der Waals surface area contributed by atoms with Gasteiger partial charge in [0, 0.05) is 13.0 Å². The Bertz CT molecular complexity index is 387. The molecule has 0 amide bonds. The van der Waals surface area contributed by atoms with E-state index in [0.717, 1.165) is 12.8 Å². The van der Waals surface area contributed by atoms with Gasteiger partial charge in [0.15, 0.2) is 0 Å². The Morgan fingerprint density at radius 2 is 1.41 bits per heavy atom. The Kier molecular flexibility index (Phi) is 9.37. The highest BCUT2D eigenvalue weighted by atomic mass is 16.3. The minimum atomic E-state index is -1.26. The van der Waals surface area contributed by atoms with E-state index in [2.05, 4.69) is 31.2 Å². The van der Waals surface area contributed by atoms with Crippen LogP contribution in [0.15, 0.2) is 24.3 Å². The summed E-state index contributed by atoms with van der Waals surface area (Å²) in [5.41, 5.74) is 7.03. The lowest BCUT2D eigenvalue weighted by Gasteiger charge is -2.21. The first-order chi connectivity index (χ1) is 10.6. The van der Waals surface area contributed by atoms with Crippen molar-refractivity contribution in [3.8, 4) is 0 Å². The number of rotatable bonds is 12. The SMILES string of the molecule is CCCCCCCCc1ccc(CCC(N)(O)CCO)cc1. The predicted octanol–water partition coefficient (Wildman–Crippen LogP) is 3.55. The van der Waals surface area contributed by atoms with Gasteiger partial charge in [-0.25, -0.2) is 0 Å². The number of nitrogens with two attached hydrogens (primary N) is 1. The second-order valence-electron chi connectivity index (χ2n) is 6.41. The largest absolute Gasteiger partial charge is 0.396 e. The van der Waals surface area contributed by atoms with E-state index in [1.165, 1.54) is 49.7 Å². The lowest BCUT2D eigenvalue weighted by atomic mass is 9.98. The molecule has 3 nitrogen and oxygen atoms in total. The van der Waals surface area contributed by atoms with Gasteiger partial charge < -0.3 is 15.9 Å². The van der Waals surface area contributed by atoms with Crippen LogP contribution in [-0.2, 0) is 12.8 Å². The number of aryl methyl sites for hydroxylation is 2. The minimum absolute atomic E-state index is 0.0792. The van der Waals surface area contributed by atoms with E-state index in [4.69, 9.17) is 10.8 Å². The summed E-state index contributed by atoms with van der Waals surface area (Å²) in [4.78, 5) is 0. The van der Waals surface area contributed by atoms with Gasteiger partial charge in [-0.15, -0.1) is 0 Å². The van der Waals surface area contributed by atoms with Crippen molar-refractivity contribution in [2.75, 3.05) is 6.61 Å². The molecule has 0 saturated carbocycles. The van der Waals surface area contributed by atoms with Crippen molar-refractivity contribution in [2.45, 2.75) is 76.9 Å². The zero-order chi connectivity index (χ0) is 16.3. The zero-order valence-electron chi connectivity index (χ0n) is 14.1. The molecule has 1 aromatic carbocycles. The topological polar surface area (TPSA) is 66.5 Å². The Hall–Kier alpha value is -0.900. The normalized spacial score (nSPS) is 14.0. The molecule has 0 fully saturated rings. The molecule has 22 heavy (non-hydrogen) atoms. The maximum atomic E-state index is 9.85. The van der Waals surface area contributed by atoms with E-state index in [1.54, 1.807) is 0 Å². The molecule has 0 aliphatic carbocycles. The monoisotopic (exact) mass is 307 g/mol. The van der Waals surface area contributed by atoms with E-state index in [-0.39, 0.29) is 13.0 Å². The molecule has 3 heteroatoms. The molecule has 1 atom stereocenters. The summed E-state index contributed by atoms with van der Waals surface area (Å²) in [6.07, 6.45) is 10.6. The molecule has 1 unspecified atom stereocenters. The van der Waals surface area contributed by atoms with Crippen LogP contribution < -0.4 is 5.73 Å². The van der Waals surface area contributed by atoms with Crippen molar-refractivity contribution in [3.63, 3.8) is 0 Å². The first-order valence-electron chi connectivity index (χ1n) is 8.77. The summed E-state index contributed by atoms with van der Waals surface area (Å²) in [5, 5.41) is 18.7. The molecule has 1 aromatic rings. The first-order valence-corrected chi connectivity index (χ1v) is 8.77. The molecule has 126 valence electrons. The van der Waals surface area contributed by atoms with Crippen LogP contribution in [-0.4, -0.2) is 22.5 Å². The molecule has 0 saturated heterocycles. The fourth-order valence-corrected chi connectivity index (χ4v) is 2.66. The minimum Gasteiger partial charge on any atom is -0.396 e. The number of hydrogen-bond donors (Lipinski definition) is 3. The summed E-state index contributed by atoms with van der Waals surface area (Å²) in [6, 6.07) is 8.62. The summed E-state index contributed by atoms with van der Waals surface area (Å²) in [6.45, 7) is 2.17. The number of unbranched alkanes of at least 4 members (excludes halogenated alkanes) is 5. The number of aliphatic hydroxyl groups excluding tert-OH is 1. The van der Waals surface area contributed by atoms with Crippen molar-refractivity contribution in [1.82, 2.24) is 0 Å². The number of benzene rings is 1. The quantitative estimate of drug-likeness (QED) is 0.408. The molecule has 0 radical (unpaired) electrons. The second-order valence-corrected chi connectivity index (χ2v) is 6.41. The maximum Gasteiger partial charge on any atom is 0.116 e. The molecule has 1 rings (SSSR count). The summed E-state index contributed by atoms with van der Waals surface area (Å²) in [5.74, 6) is 0. The van der Waals surface area contributed by atoms with E-state index in [1.807, 2.05) is 0 Å². The van der Waals surface area contributed by atoms with Gasteiger partial charge in [0.2, 0.25) is 0 Å². The van der Waals surface area contributed by atoms with Gasteiger partial charge in [0.1, 0.15) is 5.72 Å². The Morgan fingerprint density at radius 1 is 0.864 bits per heavy atom. The van der Waals surface area contributed by atoms with Gasteiger partial charge in [0.05, 0.1) is 0 Å². The standard InChI is InChI=1S/C19H33NO2/c1-2-3-4-5-6-7-8-17-9-11-18(12-10-17)13-14-19(20,22)15-16-21/h9-12,21-22H,2-8,13-16,20H2,1H3. The Morgan fingerprint density at radius 3 is 2.00 bits per heavy atom. The van der Waals surface area contributed by atoms with Crippen molar-refractivity contribution >= 4 is 0 Å². The van der Waals surface area contributed by atoms with Gasteiger partial charge in [-0.2, -0.15) is 0 Å². The van der Waals surface area contributed by atoms with Crippen molar-refractivity contribution < 1.29 is 10.2 Å². The summed E-state index contributed by atoms with van der Waals surface area (Å²) >= 11 is 0. The summed E-state index contributed by atoms with van der Waals surface area (Å²) < 4.78 is 0. The molecular formula is C19H33NO2. The molecular weight excluding hydrogens is 274 g/mol. The highest BCUT2D eigenvalue weighted by Gasteiger charge is 2.19. The van der Waals surface area contributed by atoms with Crippen molar-refractivity contribution in [1.29, 1.82) is 0 Å². The highest BCUT2D eigenvalue weighted by Crippen LogP contribution is 2.15. The third-order valence-corrected chi connectivity index (χ3v) is 4.23. The third-order valence-electron chi connectivity index (χ3n) is 4.23. The van der Waals surface area contributed by atoms with Crippen LogP contribution in [0.2, 0.25) is 0 Å². The van der Waals surface area contributed by atoms with Gasteiger partial charge in [-0.1, -0.05) is 63.3 Å². The molecule has 0 aromatic heterocycles. The van der Waals surface area contributed by atoms with Crippen LogP contribution in [0, 0.1) is 0 Å². The molecule has 0 bridgehead atoms. The smallest absolute Gasteiger partial charge is 0.116 e. The molecule has 4 N–H and O–H groups in total. The number of hydrogen-bond acceptors (Lipinski definition) is 3. The zero-order valence-corrected chi connectivity index (χ0v) is 14.1. The van der Waals surface area contributed by atoms with E-state index < -0.39 is 5.72 Å². The van der Waals surface area contributed by atoms with Gasteiger partial charge in [-0.3, -0.25) is 0 Å². The predicted molar refractivity (Wildman–Crippen MR) is 92.7 cm³/mol. The molecule has 0 aliphatic heterocycles. The summed E-state index contributed by atoms with van der Waals surface area (Å²) in [7, 11) is 0. The second kappa shape index (κ2) is 10.8. The van der Waals surface area contributed by atoms with E-state index in [9.17, 15) is 5.11 Å². The van der Waals surface area contributed by atoms with Crippen LogP contribution >= 0.6 is 0 Å². The molecule has 0 spiro atoms. The van der Waals surface area contributed by atoms with Crippen LogP contribution in [0.4, 0.5) is 0 Å². The van der Waals surface area contributed by atoms with E-state index in [0.29, 0.717) is 6.42 Å². The van der Waals surface area contributed by atoms with Crippen LogP contribution in [0.1, 0.15) is 69.4 Å². The fourth-order valence-electron chi connectivity index (χ4n) is 2.66. The van der Waals surface area contributed by atoms with Gasteiger partial charge >= 0.3 is 0 Å².